The van der Waals surface area contributed by atoms with Crippen LogP contribution < -0.4 is 11.2 Å². The van der Waals surface area contributed by atoms with Crippen LogP contribution in [0.2, 0.25) is 0 Å². The SMILES string of the molecule is Nc1nc([SiH3])nc2c1ncn2COC(CO)CO. The number of nitrogens with two attached hydrogens (primary N) is 1. The van der Waals surface area contributed by atoms with Gasteiger partial charge in [0, 0.05) is 0 Å². The van der Waals surface area contributed by atoms with E-state index in [2.05, 4.69) is 15.0 Å². The molecule has 0 amide bonds. The molecular weight excluding hydrogens is 254 g/mol. The van der Waals surface area contributed by atoms with Crippen LogP contribution in [-0.2, 0) is 11.5 Å². The van der Waals surface area contributed by atoms with Gasteiger partial charge >= 0.3 is 0 Å². The number of hydrogen-bond acceptors (Lipinski definition) is 7. The van der Waals surface area contributed by atoms with Gasteiger partial charge in [0.1, 0.15) is 23.8 Å². The molecular formula is C9H15N5O3Si. The van der Waals surface area contributed by atoms with Gasteiger partial charge in [-0.15, -0.1) is 0 Å². The number of aliphatic hydroxyl groups is 2. The van der Waals surface area contributed by atoms with E-state index in [9.17, 15) is 0 Å². The average molecular weight is 269 g/mol. The van der Waals surface area contributed by atoms with Crippen molar-refractivity contribution in [1.29, 1.82) is 0 Å². The molecule has 0 aliphatic carbocycles. The molecule has 0 spiro atoms. The van der Waals surface area contributed by atoms with Crippen molar-refractivity contribution in [1.82, 2.24) is 19.5 Å². The minimum Gasteiger partial charge on any atom is -0.394 e. The first-order valence-electron chi connectivity index (χ1n) is 5.44. The minimum absolute atomic E-state index is 0.139. The van der Waals surface area contributed by atoms with Gasteiger partial charge in [-0.1, -0.05) is 0 Å². The van der Waals surface area contributed by atoms with Crippen LogP contribution in [0.3, 0.4) is 0 Å². The lowest BCUT2D eigenvalue weighted by atomic mass is 10.4. The number of imidazole rings is 1. The van der Waals surface area contributed by atoms with Gasteiger partial charge in [-0.3, -0.25) is 4.57 Å². The smallest absolute Gasteiger partial charge is 0.167 e. The molecule has 2 aromatic heterocycles. The lowest BCUT2D eigenvalue weighted by molar-refractivity contribution is -0.0488. The largest absolute Gasteiger partial charge is 0.394 e. The Balaban J connectivity index is 2.24. The fourth-order valence-corrected chi connectivity index (χ4v) is 1.98. The zero-order valence-electron chi connectivity index (χ0n) is 9.94. The van der Waals surface area contributed by atoms with Gasteiger partial charge in [-0.25, -0.2) is 15.0 Å². The van der Waals surface area contributed by atoms with Gasteiger partial charge in [-0.2, -0.15) is 0 Å². The number of fused-ring (bicyclic) bond motifs is 1. The molecule has 0 saturated heterocycles. The van der Waals surface area contributed by atoms with E-state index < -0.39 is 6.10 Å². The maximum absolute atomic E-state index is 8.91. The third-order valence-corrected chi connectivity index (χ3v) is 2.91. The topological polar surface area (TPSA) is 119 Å². The van der Waals surface area contributed by atoms with Crippen LogP contribution in [0.25, 0.3) is 11.2 Å². The van der Waals surface area contributed by atoms with Crippen molar-refractivity contribution in [2.75, 3.05) is 18.9 Å². The third kappa shape index (κ3) is 2.48. The maximum atomic E-state index is 8.91. The number of anilines is 1. The van der Waals surface area contributed by atoms with Crippen molar-refractivity contribution in [3.63, 3.8) is 0 Å². The van der Waals surface area contributed by atoms with Crippen LogP contribution >= 0.6 is 0 Å². The Hall–Kier alpha value is -1.55. The van der Waals surface area contributed by atoms with E-state index >= 15 is 0 Å². The molecule has 0 bridgehead atoms. The predicted octanol–water partition coefficient (Wildman–Crippen LogP) is -3.27. The van der Waals surface area contributed by atoms with E-state index in [0.717, 1.165) is 0 Å². The van der Waals surface area contributed by atoms with E-state index in [1.807, 2.05) is 0 Å². The summed E-state index contributed by atoms with van der Waals surface area (Å²) in [4.78, 5) is 12.5. The molecule has 98 valence electrons. The number of nitrogen functional groups attached to an aromatic ring is 1. The van der Waals surface area contributed by atoms with Gasteiger partial charge in [-0.05, 0) is 0 Å². The van der Waals surface area contributed by atoms with Crippen molar-refractivity contribution < 1.29 is 14.9 Å². The van der Waals surface area contributed by atoms with Gasteiger partial charge < -0.3 is 20.7 Å². The van der Waals surface area contributed by atoms with E-state index in [1.54, 1.807) is 10.9 Å². The minimum atomic E-state index is -0.614. The van der Waals surface area contributed by atoms with Gasteiger partial charge in [0.2, 0.25) is 0 Å². The molecule has 9 heteroatoms. The van der Waals surface area contributed by atoms with Crippen molar-refractivity contribution in [3.8, 4) is 0 Å². The van der Waals surface area contributed by atoms with E-state index in [4.69, 9.17) is 20.7 Å². The van der Waals surface area contributed by atoms with Crippen LogP contribution in [0.4, 0.5) is 5.82 Å². The summed E-state index contributed by atoms with van der Waals surface area (Å²) in [6.45, 7) is -0.349. The third-order valence-electron chi connectivity index (χ3n) is 2.46. The van der Waals surface area contributed by atoms with Crippen molar-refractivity contribution in [2.24, 2.45) is 0 Å². The number of aliphatic hydroxyl groups excluding tert-OH is 2. The maximum Gasteiger partial charge on any atom is 0.167 e. The first-order chi connectivity index (χ1) is 8.65. The Kier molecular flexibility index (Phi) is 3.86. The van der Waals surface area contributed by atoms with Crippen LogP contribution in [0.5, 0.6) is 0 Å². The molecule has 2 rings (SSSR count). The normalized spacial score (nSPS) is 11.7. The van der Waals surface area contributed by atoms with Crippen LogP contribution in [0, 0.1) is 0 Å². The van der Waals surface area contributed by atoms with E-state index in [0.29, 0.717) is 32.7 Å². The van der Waals surface area contributed by atoms with Crippen LogP contribution in [0.15, 0.2) is 6.33 Å². The molecule has 0 fully saturated rings. The lowest BCUT2D eigenvalue weighted by Crippen LogP contribution is -2.23. The summed E-state index contributed by atoms with van der Waals surface area (Å²) in [6.07, 6.45) is 0.930. The first kappa shape index (κ1) is 12.9. The molecule has 0 radical (unpaired) electrons. The highest BCUT2D eigenvalue weighted by atomic mass is 28.1. The highest BCUT2D eigenvalue weighted by Gasteiger charge is 2.11. The Morgan fingerprint density at radius 1 is 1.39 bits per heavy atom. The fraction of sp³-hybridized carbons (Fsp3) is 0.444. The summed E-state index contributed by atoms with van der Waals surface area (Å²) in [6, 6.07) is 0. The Bertz CT molecular complexity index is 542. The Labute approximate surface area is 106 Å². The van der Waals surface area contributed by atoms with E-state index in [-0.39, 0.29) is 19.9 Å². The molecule has 18 heavy (non-hydrogen) atoms. The zero-order chi connectivity index (χ0) is 13.1. The molecule has 0 unspecified atom stereocenters. The second kappa shape index (κ2) is 5.39. The molecule has 0 atom stereocenters. The standard InChI is InChI=1S/C9H15N5O3Si/c10-7-6-8(13-9(18)12-7)14(3-11-6)4-17-5(1-15)2-16/h3,5,15-16H,1-2,4H2,18H3,(H2,10,12,13). The van der Waals surface area contributed by atoms with Gasteiger partial charge in [0.05, 0.1) is 29.8 Å². The average Bonchev–Trinajstić information content (AvgIpc) is 2.74. The summed E-state index contributed by atoms with van der Waals surface area (Å²) in [5.41, 5.74) is 7.57. The summed E-state index contributed by atoms with van der Waals surface area (Å²) in [5.74, 6) is 0.351. The van der Waals surface area contributed by atoms with E-state index in [1.165, 1.54) is 0 Å². The van der Waals surface area contributed by atoms with Crippen LogP contribution in [-0.4, -0.2) is 59.3 Å². The molecule has 0 saturated carbocycles. The molecule has 8 nitrogen and oxygen atoms in total. The molecule has 0 aromatic carbocycles. The van der Waals surface area contributed by atoms with Gasteiger partial charge in [0.15, 0.2) is 11.5 Å². The molecule has 2 aromatic rings. The second-order valence-corrected chi connectivity index (χ2v) is 4.72. The number of ether oxygens (including phenoxy) is 1. The number of aromatic nitrogens is 4. The number of rotatable bonds is 5. The first-order valence-corrected chi connectivity index (χ1v) is 6.44. The summed E-state index contributed by atoms with van der Waals surface area (Å²) >= 11 is 0. The zero-order valence-corrected chi connectivity index (χ0v) is 11.9. The fourth-order valence-electron chi connectivity index (χ4n) is 1.52. The molecule has 0 aliphatic heterocycles. The second-order valence-electron chi connectivity index (χ2n) is 3.83. The monoisotopic (exact) mass is 269 g/mol. The Morgan fingerprint density at radius 2 is 2.11 bits per heavy atom. The summed E-state index contributed by atoms with van der Waals surface area (Å²) < 4.78 is 6.97. The van der Waals surface area contributed by atoms with Crippen molar-refractivity contribution >= 4 is 32.7 Å². The molecule has 4 N–H and O–H groups in total. The highest BCUT2D eigenvalue weighted by Crippen LogP contribution is 2.13. The summed E-state index contributed by atoms with van der Waals surface area (Å²) in [5, 5.41) is 17.8. The number of hydrogen-bond donors (Lipinski definition) is 3. The molecule has 0 aliphatic rings. The van der Waals surface area contributed by atoms with Crippen molar-refractivity contribution in [2.45, 2.75) is 12.8 Å². The summed E-state index contributed by atoms with van der Waals surface area (Å²) in [7, 11) is 0.689. The Morgan fingerprint density at radius 3 is 2.78 bits per heavy atom. The molecule has 2 heterocycles. The van der Waals surface area contributed by atoms with Crippen molar-refractivity contribution in [3.05, 3.63) is 6.33 Å². The highest BCUT2D eigenvalue weighted by molar-refractivity contribution is 6.29. The predicted molar refractivity (Wildman–Crippen MR) is 68.4 cm³/mol. The number of nitrogens with zero attached hydrogens (tertiary/aromatic N) is 4. The van der Waals surface area contributed by atoms with Gasteiger partial charge in [0.25, 0.3) is 0 Å². The quantitative estimate of drug-likeness (QED) is 0.487. The van der Waals surface area contributed by atoms with Crippen LogP contribution in [0.1, 0.15) is 0 Å². The lowest BCUT2D eigenvalue weighted by Gasteiger charge is -2.13.